The topological polar surface area (TPSA) is 77.2 Å². The van der Waals surface area contributed by atoms with E-state index in [1.54, 1.807) is 13.8 Å². The zero-order chi connectivity index (χ0) is 17.0. The van der Waals surface area contributed by atoms with Gasteiger partial charge in [0.1, 0.15) is 5.76 Å². The molecule has 1 N–H and O–H groups in total. The Morgan fingerprint density at radius 3 is 2.61 bits per heavy atom. The van der Waals surface area contributed by atoms with Gasteiger partial charge in [-0.15, -0.1) is 0 Å². The number of nitrogens with one attached hydrogen (secondary N) is 1. The first kappa shape index (κ1) is 16.8. The number of nitrogens with zero attached hydrogens (tertiary/aromatic N) is 2. The monoisotopic (exact) mass is 329 g/mol. The fourth-order valence-electron chi connectivity index (χ4n) is 1.63. The molecule has 0 unspecified atom stereocenters. The van der Waals surface area contributed by atoms with Crippen LogP contribution in [-0.4, -0.2) is 28.7 Å². The van der Waals surface area contributed by atoms with Crippen LogP contribution in [0.2, 0.25) is 0 Å². The Morgan fingerprint density at radius 2 is 2.09 bits per heavy atom. The molecule has 2 aromatic heterocycles. The molecule has 124 valence electrons. The second-order valence-electron chi connectivity index (χ2n) is 4.72. The number of hydrogen-bond donors (Lipinski definition) is 1. The van der Waals surface area contributed by atoms with E-state index in [1.165, 1.54) is 12.1 Å². The molecule has 0 fully saturated rings. The molecule has 6 nitrogen and oxygen atoms in total. The lowest BCUT2D eigenvalue weighted by atomic mass is 10.2. The highest BCUT2D eigenvalue weighted by atomic mass is 19.4. The van der Waals surface area contributed by atoms with Crippen molar-refractivity contribution in [3.05, 3.63) is 41.2 Å². The Kier molecular flexibility index (Phi) is 4.87. The van der Waals surface area contributed by atoms with Gasteiger partial charge in [0.25, 0.3) is 5.91 Å². The molecule has 2 aromatic rings. The summed E-state index contributed by atoms with van der Waals surface area (Å²) >= 11 is 0. The number of ether oxygens (including phenoxy) is 1. The highest BCUT2D eigenvalue weighted by molar-refractivity contribution is 5.93. The maximum atomic E-state index is 12.0. The predicted molar refractivity (Wildman–Crippen MR) is 72.9 cm³/mol. The van der Waals surface area contributed by atoms with Crippen LogP contribution in [0.1, 0.15) is 27.7 Å². The third-order valence-electron chi connectivity index (χ3n) is 2.86. The number of pyridine rings is 1. The first-order valence-electron chi connectivity index (χ1n) is 6.61. The van der Waals surface area contributed by atoms with Crippen molar-refractivity contribution in [2.75, 3.05) is 6.61 Å². The second-order valence-corrected chi connectivity index (χ2v) is 4.72. The number of hydrogen-bond acceptors (Lipinski definition) is 5. The smallest absolute Gasteiger partial charge is 0.422 e. The maximum Gasteiger partial charge on any atom is 0.422 e. The molecule has 0 saturated carbocycles. The first-order valence-corrected chi connectivity index (χ1v) is 6.61. The molecule has 0 radical (unpaired) electrons. The summed E-state index contributed by atoms with van der Waals surface area (Å²) < 4.78 is 45.8. The fraction of sp³-hybridized carbons (Fsp3) is 0.357. The number of carbonyl (C=O) groups excluding carboxylic acids is 1. The Labute approximate surface area is 129 Å². The van der Waals surface area contributed by atoms with Gasteiger partial charge in [-0.2, -0.15) is 13.2 Å². The number of aryl methyl sites for hydroxylation is 2. The van der Waals surface area contributed by atoms with Gasteiger partial charge in [-0.1, -0.05) is 0 Å². The normalized spacial score (nSPS) is 11.3. The number of rotatable bonds is 5. The number of aromatic nitrogens is 2. The molecule has 2 rings (SSSR count). The predicted octanol–water partition coefficient (Wildman–Crippen LogP) is 2.56. The van der Waals surface area contributed by atoms with Gasteiger partial charge in [0.15, 0.2) is 6.61 Å². The van der Waals surface area contributed by atoms with Gasteiger partial charge in [-0.25, -0.2) is 9.97 Å². The van der Waals surface area contributed by atoms with Crippen LogP contribution in [0.15, 0.2) is 22.7 Å². The summed E-state index contributed by atoms with van der Waals surface area (Å²) in [5.74, 6) is 0.375. The minimum atomic E-state index is -4.44. The van der Waals surface area contributed by atoms with Crippen LogP contribution in [0.5, 0.6) is 5.88 Å². The van der Waals surface area contributed by atoms with Crippen molar-refractivity contribution in [2.24, 2.45) is 0 Å². The summed E-state index contributed by atoms with van der Waals surface area (Å²) in [5, 5.41) is 2.58. The van der Waals surface area contributed by atoms with E-state index in [0.29, 0.717) is 11.7 Å². The summed E-state index contributed by atoms with van der Waals surface area (Å²) in [6, 6.07) is 2.51. The lowest BCUT2D eigenvalue weighted by molar-refractivity contribution is -0.154. The number of oxazole rings is 1. The van der Waals surface area contributed by atoms with Gasteiger partial charge < -0.3 is 14.5 Å². The molecule has 0 aromatic carbocycles. The van der Waals surface area contributed by atoms with Crippen molar-refractivity contribution in [1.82, 2.24) is 15.3 Å². The van der Waals surface area contributed by atoms with E-state index < -0.39 is 18.7 Å². The van der Waals surface area contributed by atoms with Gasteiger partial charge in [-0.3, -0.25) is 4.79 Å². The van der Waals surface area contributed by atoms with E-state index in [2.05, 4.69) is 20.0 Å². The van der Waals surface area contributed by atoms with Crippen molar-refractivity contribution in [3.63, 3.8) is 0 Å². The molecule has 0 aliphatic carbocycles. The fourth-order valence-corrected chi connectivity index (χ4v) is 1.63. The average Bonchev–Trinajstić information content (AvgIpc) is 2.81. The molecule has 0 spiro atoms. The van der Waals surface area contributed by atoms with Crippen molar-refractivity contribution < 1.29 is 27.1 Å². The van der Waals surface area contributed by atoms with Gasteiger partial charge in [0.05, 0.1) is 17.8 Å². The van der Waals surface area contributed by atoms with Crippen LogP contribution in [0, 0.1) is 13.8 Å². The molecule has 0 atom stereocenters. The molecule has 1 amide bonds. The Bertz CT molecular complexity index is 661. The highest BCUT2D eigenvalue weighted by Gasteiger charge is 2.28. The molecule has 2 heterocycles. The van der Waals surface area contributed by atoms with Crippen LogP contribution in [0.3, 0.4) is 0 Å². The lowest BCUT2D eigenvalue weighted by Gasteiger charge is -2.08. The SMILES string of the molecule is Cc1nc(CNC(=O)c2ccc(OCC(F)(F)F)nc2)oc1C. The average molecular weight is 329 g/mol. The molecule has 23 heavy (non-hydrogen) atoms. The van der Waals surface area contributed by atoms with E-state index in [4.69, 9.17) is 4.42 Å². The minimum Gasteiger partial charge on any atom is -0.468 e. The summed E-state index contributed by atoms with van der Waals surface area (Å²) in [4.78, 5) is 19.7. The summed E-state index contributed by atoms with van der Waals surface area (Å²) in [5.41, 5.74) is 0.923. The van der Waals surface area contributed by atoms with Gasteiger partial charge in [-0.05, 0) is 19.9 Å². The van der Waals surface area contributed by atoms with Crippen molar-refractivity contribution in [1.29, 1.82) is 0 Å². The van der Waals surface area contributed by atoms with E-state index in [-0.39, 0.29) is 18.0 Å². The molecule has 0 bridgehead atoms. The molecular weight excluding hydrogens is 315 g/mol. The van der Waals surface area contributed by atoms with Crippen LogP contribution in [-0.2, 0) is 6.54 Å². The molecular formula is C14H14F3N3O3. The van der Waals surface area contributed by atoms with Crippen LogP contribution >= 0.6 is 0 Å². The summed E-state index contributed by atoms with van der Waals surface area (Å²) in [6.07, 6.45) is -3.31. The number of alkyl halides is 3. The molecule has 9 heteroatoms. The quantitative estimate of drug-likeness (QED) is 0.912. The zero-order valence-electron chi connectivity index (χ0n) is 12.4. The van der Waals surface area contributed by atoms with Crippen LogP contribution < -0.4 is 10.1 Å². The van der Waals surface area contributed by atoms with Crippen molar-refractivity contribution in [2.45, 2.75) is 26.6 Å². The van der Waals surface area contributed by atoms with Crippen LogP contribution in [0.25, 0.3) is 0 Å². The molecule has 0 aliphatic rings. The van der Waals surface area contributed by atoms with Crippen molar-refractivity contribution >= 4 is 5.91 Å². The third kappa shape index (κ3) is 4.97. The number of carbonyl (C=O) groups is 1. The Morgan fingerprint density at radius 1 is 1.35 bits per heavy atom. The Balaban J connectivity index is 1.89. The van der Waals surface area contributed by atoms with E-state index in [1.807, 2.05) is 0 Å². The largest absolute Gasteiger partial charge is 0.468 e. The number of halogens is 3. The molecule has 0 aliphatic heterocycles. The number of amides is 1. The zero-order valence-corrected chi connectivity index (χ0v) is 12.4. The summed E-state index contributed by atoms with van der Waals surface area (Å²) in [7, 11) is 0. The van der Waals surface area contributed by atoms with E-state index >= 15 is 0 Å². The van der Waals surface area contributed by atoms with E-state index in [0.717, 1.165) is 11.9 Å². The summed E-state index contributed by atoms with van der Waals surface area (Å²) in [6.45, 7) is 2.21. The van der Waals surface area contributed by atoms with Gasteiger partial charge in [0.2, 0.25) is 11.8 Å². The van der Waals surface area contributed by atoms with Gasteiger partial charge >= 0.3 is 6.18 Å². The van der Waals surface area contributed by atoms with E-state index in [9.17, 15) is 18.0 Å². The highest BCUT2D eigenvalue weighted by Crippen LogP contribution is 2.17. The standard InChI is InChI=1S/C14H14F3N3O3/c1-8-9(2)23-12(20-8)6-19-13(21)10-3-4-11(18-5-10)22-7-14(15,16)17/h3-5H,6-7H2,1-2H3,(H,19,21). The van der Waals surface area contributed by atoms with Crippen molar-refractivity contribution in [3.8, 4) is 5.88 Å². The molecule has 0 saturated heterocycles. The minimum absolute atomic E-state index is 0.0971. The van der Waals surface area contributed by atoms with Crippen LogP contribution in [0.4, 0.5) is 13.2 Å². The first-order chi connectivity index (χ1) is 10.7. The van der Waals surface area contributed by atoms with Gasteiger partial charge in [0, 0.05) is 12.3 Å². The lowest BCUT2D eigenvalue weighted by Crippen LogP contribution is -2.23. The maximum absolute atomic E-state index is 12.0. The second kappa shape index (κ2) is 6.67. The Hall–Kier alpha value is -2.58. The third-order valence-corrected chi connectivity index (χ3v) is 2.86.